The van der Waals surface area contributed by atoms with E-state index in [-0.39, 0.29) is 18.2 Å². The lowest BCUT2D eigenvalue weighted by atomic mass is 10.2. The van der Waals surface area contributed by atoms with E-state index in [1.807, 2.05) is 18.2 Å². The van der Waals surface area contributed by atoms with Crippen molar-refractivity contribution in [2.75, 3.05) is 26.6 Å². The lowest BCUT2D eigenvalue weighted by Crippen LogP contribution is -2.30. The number of rotatable bonds is 6. The van der Waals surface area contributed by atoms with Gasteiger partial charge in [-0.25, -0.2) is 4.99 Å². The minimum atomic E-state index is -0.517. The van der Waals surface area contributed by atoms with Crippen molar-refractivity contribution in [3.8, 4) is 11.5 Å². The molecular formula is C20H21N3O4S. The third-order valence-electron chi connectivity index (χ3n) is 4.19. The number of nitrogens with zero attached hydrogens (tertiary/aromatic N) is 2. The highest BCUT2D eigenvalue weighted by Crippen LogP contribution is 2.33. The summed E-state index contributed by atoms with van der Waals surface area (Å²) >= 11 is 1.28. The summed E-state index contributed by atoms with van der Waals surface area (Å²) in [6, 6.07) is 14.3. The highest BCUT2D eigenvalue weighted by Gasteiger charge is 2.37. The fourth-order valence-corrected chi connectivity index (χ4v) is 3.82. The van der Waals surface area contributed by atoms with Gasteiger partial charge in [0.05, 0.1) is 14.2 Å². The van der Waals surface area contributed by atoms with E-state index in [0.29, 0.717) is 28.0 Å². The number of hydrogen-bond acceptors (Lipinski definition) is 6. The molecule has 1 aliphatic rings. The predicted molar refractivity (Wildman–Crippen MR) is 110 cm³/mol. The Balaban J connectivity index is 1.67. The first-order valence-corrected chi connectivity index (χ1v) is 9.49. The van der Waals surface area contributed by atoms with Crippen molar-refractivity contribution in [2.24, 2.45) is 4.99 Å². The molecule has 0 spiro atoms. The lowest BCUT2D eigenvalue weighted by molar-refractivity contribution is -0.127. The Morgan fingerprint density at radius 1 is 1.14 bits per heavy atom. The number of aliphatic imine (C=N–C) groups is 1. The highest BCUT2D eigenvalue weighted by molar-refractivity contribution is 8.15. The molecule has 1 aliphatic heterocycles. The molecule has 0 aromatic heterocycles. The van der Waals surface area contributed by atoms with Crippen molar-refractivity contribution < 1.29 is 19.1 Å². The number of methoxy groups -OCH3 is 2. The molecule has 7 nitrogen and oxygen atoms in total. The Bertz CT molecular complexity index is 899. The maximum atomic E-state index is 12.5. The average Bonchev–Trinajstić information content (AvgIpc) is 2.96. The van der Waals surface area contributed by atoms with Crippen LogP contribution in [0.5, 0.6) is 11.5 Å². The van der Waals surface area contributed by atoms with Crippen molar-refractivity contribution in [3.63, 3.8) is 0 Å². The topological polar surface area (TPSA) is 80.2 Å². The number of benzene rings is 2. The number of carbonyl (C=O) groups is 2. The molecule has 146 valence electrons. The van der Waals surface area contributed by atoms with Gasteiger partial charge in [0.15, 0.2) is 5.17 Å². The summed E-state index contributed by atoms with van der Waals surface area (Å²) in [6.07, 6.45) is 0.0603. The zero-order valence-electron chi connectivity index (χ0n) is 15.8. The van der Waals surface area contributed by atoms with Gasteiger partial charge in [0.25, 0.3) is 0 Å². The third-order valence-corrected chi connectivity index (χ3v) is 5.42. The number of amidine groups is 1. The van der Waals surface area contributed by atoms with Crippen LogP contribution >= 0.6 is 11.8 Å². The molecule has 2 aromatic rings. The fourth-order valence-electron chi connectivity index (χ4n) is 2.68. The van der Waals surface area contributed by atoms with Gasteiger partial charge in [-0.15, -0.1) is 0 Å². The van der Waals surface area contributed by atoms with Crippen LogP contribution in [0.25, 0.3) is 0 Å². The van der Waals surface area contributed by atoms with E-state index >= 15 is 0 Å². The predicted octanol–water partition coefficient (Wildman–Crippen LogP) is 3.29. The molecule has 1 heterocycles. The molecule has 3 rings (SSSR count). The normalized spacial score (nSPS) is 17.7. The number of para-hydroxylation sites is 2. The lowest BCUT2D eigenvalue weighted by Gasteiger charge is -2.10. The van der Waals surface area contributed by atoms with Gasteiger partial charge in [-0.3, -0.25) is 14.5 Å². The second kappa shape index (κ2) is 8.79. The van der Waals surface area contributed by atoms with Gasteiger partial charge in [0.1, 0.15) is 22.4 Å². The van der Waals surface area contributed by atoms with Crippen LogP contribution in [0.1, 0.15) is 6.42 Å². The monoisotopic (exact) mass is 399 g/mol. The minimum absolute atomic E-state index is 0.0603. The fraction of sp³-hybridized carbons (Fsp3) is 0.250. The van der Waals surface area contributed by atoms with Crippen LogP contribution in [0.15, 0.2) is 53.5 Å². The molecule has 0 bridgehead atoms. The zero-order valence-corrected chi connectivity index (χ0v) is 16.7. The molecule has 0 unspecified atom stereocenters. The van der Waals surface area contributed by atoms with Gasteiger partial charge >= 0.3 is 0 Å². The zero-order chi connectivity index (χ0) is 20.1. The number of amides is 2. The number of ether oxygens (including phenoxy) is 2. The molecule has 0 saturated carbocycles. The Morgan fingerprint density at radius 3 is 2.54 bits per heavy atom. The molecule has 2 aromatic carbocycles. The van der Waals surface area contributed by atoms with Gasteiger partial charge in [0.2, 0.25) is 11.8 Å². The van der Waals surface area contributed by atoms with Crippen LogP contribution in [0.2, 0.25) is 0 Å². The van der Waals surface area contributed by atoms with Crippen molar-refractivity contribution in [3.05, 3.63) is 48.5 Å². The van der Waals surface area contributed by atoms with Crippen molar-refractivity contribution >= 4 is 40.1 Å². The number of anilines is 1. The summed E-state index contributed by atoms with van der Waals surface area (Å²) in [7, 11) is 4.81. The summed E-state index contributed by atoms with van der Waals surface area (Å²) < 4.78 is 10.4. The first-order valence-electron chi connectivity index (χ1n) is 8.61. The van der Waals surface area contributed by atoms with Crippen molar-refractivity contribution in [2.45, 2.75) is 11.7 Å². The minimum Gasteiger partial charge on any atom is -0.497 e. The average molecular weight is 399 g/mol. The van der Waals surface area contributed by atoms with Crippen molar-refractivity contribution in [1.29, 1.82) is 0 Å². The Labute approximate surface area is 167 Å². The quantitative estimate of drug-likeness (QED) is 0.806. The molecule has 0 aliphatic carbocycles. The van der Waals surface area contributed by atoms with E-state index in [9.17, 15) is 9.59 Å². The van der Waals surface area contributed by atoms with Crippen LogP contribution in [-0.2, 0) is 9.59 Å². The molecular weight excluding hydrogens is 378 g/mol. The standard InChI is InChI=1S/C20H21N3O4S/c1-23-19(25)17(12-18(24)21-13-8-10-14(26-2)11-9-13)28-20(23)22-15-6-4-5-7-16(15)27-3/h4-11,17H,12H2,1-3H3,(H,21,24)/t17-/m0/s1. The summed E-state index contributed by atoms with van der Waals surface area (Å²) in [5, 5.41) is 2.82. The number of carbonyl (C=O) groups excluding carboxylic acids is 2. The molecule has 28 heavy (non-hydrogen) atoms. The van der Waals surface area contributed by atoms with Crippen molar-refractivity contribution in [1.82, 2.24) is 4.90 Å². The van der Waals surface area contributed by atoms with Gasteiger partial charge in [-0.2, -0.15) is 0 Å². The Morgan fingerprint density at radius 2 is 1.86 bits per heavy atom. The van der Waals surface area contributed by atoms with E-state index < -0.39 is 5.25 Å². The molecule has 0 radical (unpaired) electrons. The van der Waals surface area contributed by atoms with Gasteiger partial charge < -0.3 is 14.8 Å². The highest BCUT2D eigenvalue weighted by atomic mass is 32.2. The second-order valence-corrected chi connectivity index (χ2v) is 7.22. The molecule has 1 saturated heterocycles. The summed E-state index contributed by atoms with van der Waals surface area (Å²) in [5.74, 6) is 0.946. The molecule has 1 fully saturated rings. The Hall–Kier alpha value is -3.00. The van der Waals surface area contributed by atoms with E-state index in [2.05, 4.69) is 10.3 Å². The molecule has 2 amide bonds. The van der Waals surface area contributed by atoms with E-state index in [1.54, 1.807) is 51.6 Å². The van der Waals surface area contributed by atoms with Gasteiger partial charge in [-0.1, -0.05) is 23.9 Å². The number of thioether (sulfide) groups is 1. The van der Waals surface area contributed by atoms with Crippen LogP contribution in [0.3, 0.4) is 0 Å². The number of nitrogens with one attached hydrogen (secondary N) is 1. The van der Waals surface area contributed by atoms with E-state index in [0.717, 1.165) is 0 Å². The first-order chi connectivity index (χ1) is 13.5. The second-order valence-electron chi connectivity index (χ2n) is 6.05. The van der Waals surface area contributed by atoms with E-state index in [4.69, 9.17) is 9.47 Å². The van der Waals surface area contributed by atoms with E-state index in [1.165, 1.54) is 16.7 Å². The smallest absolute Gasteiger partial charge is 0.242 e. The van der Waals surface area contributed by atoms with Gasteiger partial charge in [-0.05, 0) is 36.4 Å². The van der Waals surface area contributed by atoms with Crippen LogP contribution in [0.4, 0.5) is 11.4 Å². The van der Waals surface area contributed by atoms with Crippen LogP contribution < -0.4 is 14.8 Å². The Kier molecular flexibility index (Phi) is 6.20. The molecule has 1 atom stereocenters. The summed E-state index contributed by atoms with van der Waals surface area (Å²) in [6.45, 7) is 0. The van der Waals surface area contributed by atoms with Crippen LogP contribution in [0, 0.1) is 0 Å². The maximum Gasteiger partial charge on any atom is 0.242 e. The van der Waals surface area contributed by atoms with Gasteiger partial charge in [0, 0.05) is 19.2 Å². The third kappa shape index (κ3) is 4.45. The van der Waals surface area contributed by atoms with Crippen LogP contribution in [-0.4, -0.2) is 48.4 Å². The molecule has 8 heteroatoms. The molecule has 1 N–H and O–H groups in total. The summed E-state index contributed by atoms with van der Waals surface area (Å²) in [4.78, 5) is 30.9. The maximum absolute atomic E-state index is 12.5. The SMILES string of the molecule is COc1ccc(NC(=O)C[C@@H]2SC(=Nc3ccccc3OC)N(C)C2=O)cc1. The summed E-state index contributed by atoms with van der Waals surface area (Å²) in [5.41, 5.74) is 1.29. The largest absolute Gasteiger partial charge is 0.497 e. The number of hydrogen-bond donors (Lipinski definition) is 1. The first kappa shape index (κ1) is 19.8.